The van der Waals surface area contributed by atoms with E-state index in [1.54, 1.807) is 0 Å². The third-order valence-electron chi connectivity index (χ3n) is 2.92. The summed E-state index contributed by atoms with van der Waals surface area (Å²) in [6.07, 6.45) is 0.998. The maximum atomic E-state index is 11.3. The predicted molar refractivity (Wildman–Crippen MR) is 85.7 cm³/mol. The quantitative estimate of drug-likeness (QED) is 0.636. The first kappa shape index (κ1) is 18.0. The third kappa shape index (κ3) is 7.50. The molecule has 0 fully saturated rings. The van der Waals surface area contributed by atoms with E-state index in [2.05, 4.69) is 0 Å². The smallest absolute Gasteiger partial charge is 0.316 e. The highest BCUT2D eigenvalue weighted by Crippen LogP contribution is 2.19. The Bertz CT molecular complexity index is 391. The minimum Gasteiger partial charge on any atom is -0.480 e. The summed E-state index contributed by atoms with van der Waals surface area (Å²) >= 11 is 1.44. The largest absolute Gasteiger partial charge is 0.480 e. The first-order chi connectivity index (χ1) is 10.2. The van der Waals surface area contributed by atoms with E-state index >= 15 is 0 Å². The van der Waals surface area contributed by atoms with Crippen molar-refractivity contribution in [3.05, 3.63) is 35.9 Å². The summed E-state index contributed by atoms with van der Waals surface area (Å²) < 4.78 is 10.9. The number of thioether (sulfide) groups is 1. The maximum absolute atomic E-state index is 11.3. The normalized spacial score (nSPS) is 12.5. The lowest BCUT2D eigenvalue weighted by atomic mass is 10.1. The van der Waals surface area contributed by atoms with Crippen LogP contribution in [0.25, 0.3) is 0 Å². The fraction of sp³-hybridized carbons (Fsp3) is 0.562. The molecule has 1 N–H and O–H groups in total. The van der Waals surface area contributed by atoms with Gasteiger partial charge in [-0.2, -0.15) is 0 Å². The number of benzene rings is 1. The summed E-state index contributed by atoms with van der Waals surface area (Å²) in [5.41, 5.74) is 1.04. The molecule has 0 aromatic heterocycles. The van der Waals surface area contributed by atoms with Gasteiger partial charge < -0.3 is 14.6 Å². The minimum absolute atomic E-state index is 0.237. The summed E-state index contributed by atoms with van der Waals surface area (Å²) in [4.78, 5) is 11.3. The molecule has 118 valence electrons. The summed E-state index contributed by atoms with van der Waals surface area (Å²) in [5.74, 6) is -0.0673. The molecule has 0 aliphatic rings. The van der Waals surface area contributed by atoms with E-state index < -0.39 is 11.2 Å². The van der Waals surface area contributed by atoms with Gasteiger partial charge in [0.25, 0.3) is 0 Å². The van der Waals surface area contributed by atoms with Gasteiger partial charge in [0.15, 0.2) is 6.29 Å². The monoisotopic (exact) mass is 312 g/mol. The maximum Gasteiger partial charge on any atom is 0.316 e. The summed E-state index contributed by atoms with van der Waals surface area (Å²) in [7, 11) is 0. The second-order valence-electron chi connectivity index (χ2n) is 4.52. The average Bonchev–Trinajstić information content (AvgIpc) is 2.47. The molecule has 0 saturated carbocycles. The van der Waals surface area contributed by atoms with Crippen molar-refractivity contribution in [1.82, 2.24) is 0 Å². The molecule has 0 amide bonds. The van der Waals surface area contributed by atoms with Gasteiger partial charge in [-0.15, -0.1) is 11.8 Å². The van der Waals surface area contributed by atoms with Crippen molar-refractivity contribution in [3.63, 3.8) is 0 Å². The zero-order valence-corrected chi connectivity index (χ0v) is 13.5. The lowest BCUT2D eigenvalue weighted by Gasteiger charge is -2.18. The van der Waals surface area contributed by atoms with E-state index in [1.165, 1.54) is 11.8 Å². The molecule has 0 saturated heterocycles. The highest BCUT2D eigenvalue weighted by Gasteiger charge is 2.19. The Hall–Kier alpha value is -1.04. The first-order valence-electron chi connectivity index (χ1n) is 7.28. The van der Waals surface area contributed by atoms with Gasteiger partial charge in [-0.05, 0) is 31.6 Å². The minimum atomic E-state index is -0.770. The topological polar surface area (TPSA) is 55.8 Å². The standard InChI is InChI=1S/C16H24O4S/c1-3-19-15(20-4-2)10-11-21-14(16(17)18)12-13-8-6-5-7-9-13/h5-9,14-15H,3-4,10-12H2,1-2H3,(H,17,18). The third-order valence-corrected chi connectivity index (χ3v) is 4.16. The van der Waals surface area contributed by atoms with Crippen LogP contribution >= 0.6 is 11.8 Å². The van der Waals surface area contributed by atoms with E-state index in [9.17, 15) is 9.90 Å². The number of hydrogen-bond donors (Lipinski definition) is 1. The number of ether oxygens (including phenoxy) is 2. The Morgan fingerprint density at radius 3 is 2.33 bits per heavy atom. The molecule has 4 nitrogen and oxygen atoms in total. The Balaban J connectivity index is 2.42. The van der Waals surface area contributed by atoms with Crippen molar-refractivity contribution >= 4 is 17.7 Å². The molecular weight excluding hydrogens is 288 g/mol. The number of carbonyl (C=O) groups is 1. The predicted octanol–water partition coefficient (Wildman–Crippen LogP) is 3.20. The van der Waals surface area contributed by atoms with Crippen LogP contribution in [0.4, 0.5) is 0 Å². The second-order valence-corrected chi connectivity index (χ2v) is 5.83. The molecule has 0 spiro atoms. The fourth-order valence-corrected chi connectivity index (χ4v) is 3.00. The number of carboxylic acid groups (broad SMARTS) is 1. The van der Waals surface area contributed by atoms with E-state index in [0.29, 0.717) is 31.8 Å². The van der Waals surface area contributed by atoms with Crippen LogP contribution in [-0.4, -0.2) is 41.6 Å². The zero-order valence-electron chi connectivity index (χ0n) is 12.7. The number of rotatable bonds is 11. The van der Waals surface area contributed by atoms with Crippen LogP contribution < -0.4 is 0 Å². The molecule has 0 aliphatic carbocycles. The van der Waals surface area contributed by atoms with E-state index in [0.717, 1.165) is 5.56 Å². The van der Waals surface area contributed by atoms with Gasteiger partial charge in [-0.25, -0.2) is 0 Å². The second kappa shape index (κ2) is 10.7. The highest BCUT2D eigenvalue weighted by atomic mass is 32.2. The fourth-order valence-electron chi connectivity index (χ4n) is 1.94. The van der Waals surface area contributed by atoms with E-state index in [1.807, 2.05) is 44.2 Å². The molecule has 0 bridgehead atoms. The van der Waals surface area contributed by atoms with Crippen LogP contribution in [0.15, 0.2) is 30.3 Å². The lowest BCUT2D eigenvalue weighted by Crippen LogP contribution is -2.22. The summed E-state index contributed by atoms with van der Waals surface area (Å²) in [5, 5.41) is 8.89. The molecule has 1 rings (SSSR count). The van der Waals surface area contributed by atoms with Crippen molar-refractivity contribution < 1.29 is 19.4 Å². The number of carboxylic acids is 1. The van der Waals surface area contributed by atoms with Crippen LogP contribution in [0.5, 0.6) is 0 Å². The molecule has 0 heterocycles. The van der Waals surface area contributed by atoms with Gasteiger partial charge in [0.2, 0.25) is 0 Å². The van der Waals surface area contributed by atoms with Crippen molar-refractivity contribution in [1.29, 1.82) is 0 Å². The van der Waals surface area contributed by atoms with Crippen LogP contribution in [-0.2, 0) is 20.7 Å². The van der Waals surface area contributed by atoms with Crippen molar-refractivity contribution in [2.75, 3.05) is 19.0 Å². The van der Waals surface area contributed by atoms with Crippen LogP contribution in [0, 0.1) is 0 Å². The number of aliphatic carboxylic acids is 1. The molecule has 1 aromatic rings. The van der Waals surface area contributed by atoms with Gasteiger partial charge in [0.1, 0.15) is 5.25 Å². The molecule has 1 atom stereocenters. The average molecular weight is 312 g/mol. The van der Waals surface area contributed by atoms with Crippen molar-refractivity contribution in [2.45, 2.75) is 38.2 Å². The molecule has 1 aromatic carbocycles. The molecular formula is C16H24O4S. The Labute approximate surface area is 130 Å². The molecule has 1 unspecified atom stereocenters. The van der Waals surface area contributed by atoms with Gasteiger partial charge in [0.05, 0.1) is 0 Å². The van der Waals surface area contributed by atoms with Crippen LogP contribution in [0.3, 0.4) is 0 Å². The Morgan fingerprint density at radius 1 is 1.19 bits per heavy atom. The Morgan fingerprint density at radius 2 is 1.81 bits per heavy atom. The van der Waals surface area contributed by atoms with Crippen LogP contribution in [0.1, 0.15) is 25.8 Å². The van der Waals surface area contributed by atoms with Gasteiger partial charge in [-0.1, -0.05) is 30.3 Å². The summed E-state index contributed by atoms with van der Waals surface area (Å²) in [6.45, 7) is 5.05. The van der Waals surface area contributed by atoms with Crippen molar-refractivity contribution in [2.24, 2.45) is 0 Å². The molecule has 0 aliphatic heterocycles. The van der Waals surface area contributed by atoms with Gasteiger partial charge in [-0.3, -0.25) is 4.79 Å². The zero-order chi connectivity index (χ0) is 15.5. The lowest BCUT2D eigenvalue weighted by molar-refractivity contribution is -0.137. The van der Waals surface area contributed by atoms with Gasteiger partial charge in [0, 0.05) is 19.6 Å². The molecule has 0 radical (unpaired) electrons. The van der Waals surface area contributed by atoms with Crippen LogP contribution in [0.2, 0.25) is 0 Å². The Kier molecular flexibility index (Phi) is 9.14. The highest BCUT2D eigenvalue weighted by molar-refractivity contribution is 8.00. The van der Waals surface area contributed by atoms with Gasteiger partial charge >= 0.3 is 5.97 Å². The SMILES string of the molecule is CCOC(CCSC(Cc1ccccc1)C(=O)O)OCC. The number of hydrogen-bond acceptors (Lipinski definition) is 4. The van der Waals surface area contributed by atoms with Crippen molar-refractivity contribution in [3.8, 4) is 0 Å². The molecule has 21 heavy (non-hydrogen) atoms. The van der Waals surface area contributed by atoms with E-state index in [4.69, 9.17) is 9.47 Å². The summed E-state index contributed by atoms with van der Waals surface area (Å²) in [6, 6.07) is 9.71. The first-order valence-corrected chi connectivity index (χ1v) is 8.33. The molecule has 5 heteroatoms. The van der Waals surface area contributed by atoms with E-state index in [-0.39, 0.29) is 6.29 Å².